The molecule has 1 atom stereocenters. The number of carboxylic acids is 1. The number of amides is 2. The van der Waals surface area contributed by atoms with Crippen molar-refractivity contribution in [1.29, 1.82) is 0 Å². The van der Waals surface area contributed by atoms with Gasteiger partial charge in [0.2, 0.25) is 11.8 Å². The predicted molar refractivity (Wildman–Crippen MR) is 99.4 cm³/mol. The molecule has 0 saturated carbocycles. The van der Waals surface area contributed by atoms with Gasteiger partial charge >= 0.3 is 11.9 Å². The molecule has 0 aliphatic carbocycles. The number of aliphatic carboxylic acids is 1. The minimum atomic E-state index is -1.15. The highest BCUT2D eigenvalue weighted by Gasteiger charge is 2.22. The number of ether oxygens (including phenoxy) is 4. The monoisotopic (exact) mass is 438 g/mol. The third-order valence-electron chi connectivity index (χ3n) is 3.25. The summed E-state index contributed by atoms with van der Waals surface area (Å²) in [5.41, 5.74) is 0. The fraction of sp³-hybridized carbons (Fsp3) is 0.765. The van der Waals surface area contributed by atoms with Gasteiger partial charge in [-0.15, -0.1) is 0 Å². The van der Waals surface area contributed by atoms with Crippen molar-refractivity contribution in [1.82, 2.24) is 10.6 Å². The molecule has 0 aromatic heterocycles. The summed E-state index contributed by atoms with van der Waals surface area (Å²) in [6, 6.07) is -1.02. The largest absolute Gasteiger partial charge is 0.480 e. The van der Waals surface area contributed by atoms with E-state index >= 15 is 0 Å². The lowest BCUT2D eigenvalue weighted by molar-refractivity contribution is -0.151. The van der Waals surface area contributed by atoms with Crippen molar-refractivity contribution in [3.8, 4) is 0 Å². The van der Waals surface area contributed by atoms with Gasteiger partial charge in [-0.2, -0.15) is 0 Å². The second-order valence-electron chi connectivity index (χ2n) is 5.78. The molecule has 30 heavy (non-hydrogen) atoms. The first-order valence-electron chi connectivity index (χ1n) is 9.30. The summed E-state index contributed by atoms with van der Waals surface area (Å²) < 4.78 is 19.5. The first-order valence-corrected chi connectivity index (χ1v) is 9.30. The molecule has 174 valence electrons. The normalized spacial score (nSPS) is 11.5. The SMILES string of the molecule is O=C(O)COCCOC(=O)[C@@H](CCCNC(=O)COCCO)NC(=O)COCCO. The van der Waals surface area contributed by atoms with Crippen LogP contribution in [0.2, 0.25) is 0 Å². The molecule has 13 nitrogen and oxygen atoms in total. The molecule has 0 radical (unpaired) electrons. The first kappa shape index (κ1) is 27.7. The average molecular weight is 438 g/mol. The van der Waals surface area contributed by atoms with Crippen molar-refractivity contribution in [3.05, 3.63) is 0 Å². The molecular formula is C17H30N2O11. The van der Waals surface area contributed by atoms with Gasteiger partial charge in [0.1, 0.15) is 32.5 Å². The Labute approximate surface area is 173 Å². The molecular weight excluding hydrogens is 408 g/mol. The number of carbonyl (C=O) groups is 4. The topological polar surface area (TPSA) is 190 Å². The van der Waals surface area contributed by atoms with Crippen LogP contribution in [0.5, 0.6) is 0 Å². The zero-order valence-electron chi connectivity index (χ0n) is 16.7. The minimum Gasteiger partial charge on any atom is -0.480 e. The molecule has 5 N–H and O–H groups in total. The van der Waals surface area contributed by atoms with Crippen molar-refractivity contribution in [3.63, 3.8) is 0 Å². The minimum absolute atomic E-state index is 0.0339. The van der Waals surface area contributed by atoms with Gasteiger partial charge in [-0.25, -0.2) is 9.59 Å². The molecule has 0 aromatic carbocycles. The maximum absolute atomic E-state index is 12.2. The number of aliphatic hydroxyl groups is 2. The Morgan fingerprint density at radius 1 is 0.800 bits per heavy atom. The molecule has 0 fully saturated rings. The predicted octanol–water partition coefficient (Wildman–Crippen LogP) is -2.97. The average Bonchev–Trinajstić information content (AvgIpc) is 2.70. The van der Waals surface area contributed by atoms with Crippen LogP contribution >= 0.6 is 0 Å². The van der Waals surface area contributed by atoms with Gasteiger partial charge in [-0.1, -0.05) is 0 Å². The van der Waals surface area contributed by atoms with Crippen LogP contribution in [0.1, 0.15) is 12.8 Å². The van der Waals surface area contributed by atoms with Crippen LogP contribution in [0.3, 0.4) is 0 Å². The van der Waals surface area contributed by atoms with E-state index < -0.39 is 30.5 Å². The van der Waals surface area contributed by atoms with E-state index in [1.165, 1.54) is 0 Å². The van der Waals surface area contributed by atoms with Crippen LogP contribution in [0.25, 0.3) is 0 Å². The zero-order chi connectivity index (χ0) is 22.6. The van der Waals surface area contributed by atoms with Crippen molar-refractivity contribution in [2.75, 3.05) is 66.0 Å². The van der Waals surface area contributed by atoms with E-state index in [2.05, 4.69) is 10.6 Å². The highest BCUT2D eigenvalue weighted by Crippen LogP contribution is 2.01. The van der Waals surface area contributed by atoms with Gasteiger partial charge in [0.15, 0.2) is 0 Å². The number of rotatable bonds is 19. The maximum Gasteiger partial charge on any atom is 0.329 e. The molecule has 0 spiro atoms. The van der Waals surface area contributed by atoms with E-state index in [1.54, 1.807) is 0 Å². The summed E-state index contributed by atoms with van der Waals surface area (Å²) >= 11 is 0. The Kier molecular flexibility index (Phi) is 17.2. The molecule has 0 aromatic rings. The van der Waals surface area contributed by atoms with Gasteiger partial charge in [-0.05, 0) is 12.8 Å². The van der Waals surface area contributed by atoms with Crippen LogP contribution in [0, 0.1) is 0 Å². The van der Waals surface area contributed by atoms with Crippen molar-refractivity contribution in [2.24, 2.45) is 0 Å². The molecule has 0 rings (SSSR count). The van der Waals surface area contributed by atoms with Gasteiger partial charge in [0.05, 0.1) is 33.0 Å². The molecule has 0 aliphatic rings. The molecule has 0 aliphatic heterocycles. The van der Waals surface area contributed by atoms with Gasteiger partial charge in [0.25, 0.3) is 0 Å². The third kappa shape index (κ3) is 16.6. The number of hydrogen-bond acceptors (Lipinski definition) is 10. The number of aliphatic hydroxyl groups excluding tert-OH is 2. The van der Waals surface area contributed by atoms with E-state index in [-0.39, 0.29) is 71.7 Å². The smallest absolute Gasteiger partial charge is 0.329 e. The lowest BCUT2D eigenvalue weighted by Crippen LogP contribution is -2.44. The maximum atomic E-state index is 12.2. The number of carbonyl (C=O) groups excluding carboxylic acids is 3. The summed E-state index contributed by atoms with van der Waals surface area (Å²) in [5, 5.41) is 30.7. The fourth-order valence-electron chi connectivity index (χ4n) is 1.99. The number of carboxylic acid groups (broad SMARTS) is 1. The zero-order valence-corrected chi connectivity index (χ0v) is 16.7. The summed E-state index contributed by atoms with van der Waals surface area (Å²) in [5.74, 6) is -2.88. The summed E-state index contributed by atoms with van der Waals surface area (Å²) in [4.78, 5) is 45.9. The van der Waals surface area contributed by atoms with Gasteiger partial charge in [-0.3, -0.25) is 9.59 Å². The Morgan fingerprint density at radius 2 is 1.40 bits per heavy atom. The summed E-state index contributed by atoms with van der Waals surface area (Å²) in [6.45, 7) is -1.63. The van der Waals surface area contributed by atoms with Crippen LogP contribution in [0.4, 0.5) is 0 Å². The van der Waals surface area contributed by atoms with E-state index in [4.69, 9.17) is 34.3 Å². The number of nitrogens with one attached hydrogen (secondary N) is 2. The van der Waals surface area contributed by atoms with Crippen molar-refractivity contribution in [2.45, 2.75) is 18.9 Å². The van der Waals surface area contributed by atoms with Gasteiger partial charge < -0.3 is 44.9 Å². The van der Waals surface area contributed by atoms with Crippen LogP contribution in [0.15, 0.2) is 0 Å². The molecule has 2 amide bonds. The van der Waals surface area contributed by atoms with E-state index in [9.17, 15) is 19.2 Å². The highest BCUT2D eigenvalue weighted by molar-refractivity contribution is 5.85. The molecule has 0 bridgehead atoms. The Morgan fingerprint density at radius 3 is 2.00 bits per heavy atom. The quantitative estimate of drug-likeness (QED) is 0.102. The lowest BCUT2D eigenvalue weighted by Gasteiger charge is -2.18. The number of hydrogen-bond donors (Lipinski definition) is 5. The summed E-state index contributed by atoms with van der Waals surface area (Å²) in [6.07, 6.45) is 0.483. The van der Waals surface area contributed by atoms with E-state index in [0.717, 1.165) is 0 Å². The van der Waals surface area contributed by atoms with Crippen LogP contribution in [-0.4, -0.2) is 111 Å². The third-order valence-corrected chi connectivity index (χ3v) is 3.25. The van der Waals surface area contributed by atoms with Crippen LogP contribution in [-0.2, 0) is 38.1 Å². The standard InChI is InChI=1S/C17H30N2O11/c20-4-6-27-10-14(22)18-3-1-2-13(19-15(23)11-28-7-5-21)17(26)30-9-8-29-12-16(24)25/h13,20-21H,1-12H2,(H,18,22)(H,19,23)(H,24,25)/t13-/m1/s1. The molecule has 13 heteroatoms. The summed E-state index contributed by atoms with van der Waals surface area (Å²) in [7, 11) is 0. The second-order valence-corrected chi connectivity index (χ2v) is 5.78. The lowest BCUT2D eigenvalue weighted by atomic mass is 10.1. The van der Waals surface area contributed by atoms with E-state index in [0.29, 0.717) is 6.42 Å². The Balaban J connectivity index is 4.38. The molecule has 0 unspecified atom stereocenters. The van der Waals surface area contributed by atoms with Crippen molar-refractivity contribution < 1.29 is 53.4 Å². The van der Waals surface area contributed by atoms with Gasteiger partial charge in [0, 0.05) is 6.54 Å². The first-order chi connectivity index (χ1) is 14.4. The Hall–Kier alpha value is -2.32. The molecule has 0 saturated heterocycles. The number of esters is 1. The van der Waals surface area contributed by atoms with Crippen LogP contribution < -0.4 is 10.6 Å². The fourth-order valence-corrected chi connectivity index (χ4v) is 1.99. The van der Waals surface area contributed by atoms with Crippen molar-refractivity contribution >= 4 is 23.8 Å². The highest BCUT2D eigenvalue weighted by atomic mass is 16.6. The second kappa shape index (κ2) is 18.7. The van der Waals surface area contributed by atoms with E-state index in [1.807, 2.05) is 0 Å². The Bertz CT molecular complexity index is 516. The molecule has 0 heterocycles.